The second kappa shape index (κ2) is 11.4. The Morgan fingerprint density at radius 2 is 1.60 bits per heavy atom. The van der Waals surface area contributed by atoms with Gasteiger partial charge in [0.1, 0.15) is 12.1 Å². The molecule has 3 amide bonds. The summed E-state index contributed by atoms with van der Waals surface area (Å²) < 4.78 is 39.3. The van der Waals surface area contributed by atoms with Crippen LogP contribution in [0.2, 0.25) is 0 Å². The smallest absolute Gasteiger partial charge is 0.308 e. The van der Waals surface area contributed by atoms with Gasteiger partial charge < -0.3 is 9.80 Å². The van der Waals surface area contributed by atoms with Gasteiger partial charge in [-0.3, -0.25) is 24.4 Å². The number of alkyl halides is 3. The minimum Gasteiger partial charge on any atom is -0.308 e. The molecule has 1 aliphatic rings. The molecule has 3 aromatic carbocycles. The summed E-state index contributed by atoms with van der Waals surface area (Å²) in [5, 5.41) is 7.85. The van der Waals surface area contributed by atoms with Crippen LogP contribution in [0.5, 0.6) is 0 Å². The monoisotopic (exact) mass is 573 g/mol. The van der Waals surface area contributed by atoms with E-state index in [1.807, 2.05) is 12.1 Å². The quantitative estimate of drug-likeness (QED) is 0.235. The van der Waals surface area contributed by atoms with Gasteiger partial charge in [-0.05, 0) is 62.4 Å². The van der Waals surface area contributed by atoms with Gasteiger partial charge in [-0.25, -0.2) is 0 Å². The van der Waals surface area contributed by atoms with Gasteiger partial charge in [0.15, 0.2) is 0 Å². The third kappa shape index (κ3) is 5.67. The molecule has 11 heteroatoms. The number of benzene rings is 3. The van der Waals surface area contributed by atoms with E-state index in [0.29, 0.717) is 22.3 Å². The minimum absolute atomic E-state index is 0.223. The molecule has 5 rings (SSSR count). The summed E-state index contributed by atoms with van der Waals surface area (Å²) in [5.41, 5.74) is 0.776. The number of aromatic nitrogens is 2. The number of anilines is 2. The minimum atomic E-state index is -4.52. The Morgan fingerprint density at radius 3 is 2.26 bits per heavy atom. The summed E-state index contributed by atoms with van der Waals surface area (Å²) in [4.78, 5) is 44.9. The molecule has 4 aromatic rings. The van der Waals surface area contributed by atoms with Gasteiger partial charge in [0.05, 0.1) is 16.8 Å². The zero-order chi connectivity index (χ0) is 30.0. The molecule has 0 spiro atoms. The first-order chi connectivity index (χ1) is 20.0. The first-order valence-corrected chi connectivity index (χ1v) is 13.1. The maximum absolute atomic E-state index is 13.8. The number of hydrogen-bond donors (Lipinski definition) is 1. The number of halogens is 3. The van der Waals surface area contributed by atoms with E-state index in [9.17, 15) is 27.6 Å². The highest BCUT2D eigenvalue weighted by atomic mass is 19.4. The van der Waals surface area contributed by atoms with Crippen molar-refractivity contribution < 1.29 is 27.6 Å². The van der Waals surface area contributed by atoms with Gasteiger partial charge in [-0.1, -0.05) is 36.4 Å². The standard InChI is InChI=1S/C31H26F3N5O3/c1-20(2)39(23-14-12-21(13-15-23)31(32,33)34)28(40)19-37-16-17-38(22-8-4-3-5-9-22)30(42)25(29(37)41)18-27-24-10-6-7-11-26(24)35-36-27/h3-18,20H,19H2,1-2H3,(H,35,36). The third-order valence-corrected chi connectivity index (χ3v) is 6.71. The van der Waals surface area contributed by atoms with Crippen molar-refractivity contribution >= 4 is 46.1 Å². The normalized spacial score (nSPS) is 15.1. The van der Waals surface area contributed by atoms with Gasteiger partial charge in [-0.15, -0.1) is 0 Å². The Hall–Kier alpha value is -5.19. The van der Waals surface area contributed by atoms with Gasteiger partial charge in [0.25, 0.3) is 11.8 Å². The number of carbonyl (C=O) groups is 3. The molecule has 1 aliphatic heterocycles. The molecular formula is C31H26F3N5O3. The Balaban J connectivity index is 1.51. The molecule has 0 unspecified atom stereocenters. The second-order valence-corrected chi connectivity index (χ2v) is 9.86. The summed E-state index contributed by atoms with van der Waals surface area (Å²) in [5.74, 6) is -1.90. The van der Waals surface area contributed by atoms with Gasteiger partial charge in [-0.2, -0.15) is 18.3 Å². The van der Waals surface area contributed by atoms with E-state index < -0.39 is 42.0 Å². The number of H-pyrrole nitrogens is 1. The van der Waals surface area contributed by atoms with Crippen LogP contribution in [0.1, 0.15) is 25.1 Å². The van der Waals surface area contributed by atoms with Crippen LogP contribution in [0.25, 0.3) is 17.0 Å². The van der Waals surface area contributed by atoms with Crippen LogP contribution in [0, 0.1) is 0 Å². The zero-order valence-corrected chi connectivity index (χ0v) is 22.7. The summed E-state index contributed by atoms with van der Waals surface area (Å²) in [6.45, 7) is 2.96. The Labute approximate surface area is 239 Å². The number of para-hydroxylation sites is 2. The van der Waals surface area contributed by atoms with Crippen LogP contribution in [-0.4, -0.2) is 45.4 Å². The molecule has 0 fully saturated rings. The van der Waals surface area contributed by atoms with Crippen molar-refractivity contribution in [2.45, 2.75) is 26.1 Å². The highest BCUT2D eigenvalue weighted by molar-refractivity contribution is 6.28. The average molecular weight is 574 g/mol. The lowest BCUT2D eigenvalue weighted by atomic mass is 10.1. The average Bonchev–Trinajstić information content (AvgIpc) is 3.33. The lowest BCUT2D eigenvalue weighted by Gasteiger charge is -2.29. The number of amides is 3. The first-order valence-electron chi connectivity index (χ1n) is 13.1. The van der Waals surface area contributed by atoms with Crippen LogP contribution < -0.4 is 9.80 Å². The summed E-state index contributed by atoms with van der Waals surface area (Å²) in [6, 6.07) is 19.8. The lowest BCUT2D eigenvalue weighted by Crippen LogP contribution is -2.44. The maximum atomic E-state index is 13.8. The van der Waals surface area contributed by atoms with Crippen molar-refractivity contribution in [2.24, 2.45) is 0 Å². The van der Waals surface area contributed by atoms with E-state index in [4.69, 9.17) is 0 Å². The summed E-state index contributed by atoms with van der Waals surface area (Å²) in [7, 11) is 0. The molecule has 1 aromatic heterocycles. The number of aromatic amines is 1. The second-order valence-electron chi connectivity index (χ2n) is 9.86. The number of carbonyl (C=O) groups excluding carboxylic acids is 3. The van der Waals surface area contributed by atoms with Gasteiger partial charge in [0, 0.05) is 35.2 Å². The molecule has 0 atom stereocenters. The predicted molar refractivity (Wildman–Crippen MR) is 153 cm³/mol. The van der Waals surface area contributed by atoms with Crippen LogP contribution >= 0.6 is 0 Å². The van der Waals surface area contributed by atoms with Crippen molar-refractivity contribution in [1.29, 1.82) is 0 Å². The van der Waals surface area contributed by atoms with Crippen LogP contribution in [0.4, 0.5) is 24.5 Å². The fraction of sp³-hybridized carbons (Fsp3) is 0.161. The molecule has 0 aliphatic carbocycles. The summed E-state index contributed by atoms with van der Waals surface area (Å²) in [6.07, 6.45) is -0.377. The van der Waals surface area contributed by atoms with Gasteiger partial charge >= 0.3 is 6.18 Å². The van der Waals surface area contributed by atoms with E-state index in [2.05, 4.69) is 10.2 Å². The molecular weight excluding hydrogens is 547 g/mol. The summed E-state index contributed by atoms with van der Waals surface area (Å²) >= 11 is 0. The molecule has 8 nitrogen and oxygen atoms in total. The van der Waals surface area contributed by atoms with Crippen LogP contribution in [0.15, 0.2) is 96.8 Å². The zero-order valence-electron chi connectivity index (χ0n) is 22.7. The Bertz CT molecular complexity index is 1690. The molecule has 2 heterocycles. The molecule has 0 saturated carbocycles. The molecule has 0 bridgehead atoms. The highest BCUT2D eigenvalue weighted by Gasteiger charge is 2.34. The third-order valence-electron chi connectivity index (χ3n) is 6.71. The first kappa shape index (κ1) is 28.3. The molecule has 0 radical (unpaired) electrons. The number of nitrogens with zero attached hydrogens (tertiary/aromatic N) is 4. The number of fused-ring (bicyclic) bond motifs is 1. The number of rotatable bonds is 6. The molecule has 214 valence electrons. The van der Waals surface area contributed by atoms with E-state index in [1.54, 1.807) is 56.3 Å². The largest absolute Gasteiger partial charge is 0.416 e. The lowest BCUT2D eigenvalue weighted by molar-refractivity contribution is -0.137. The number of nitrogens with one attached hydrogen (secondary N) is 1. The molecule has 1 N–H and O–H groups in total. The van der Waals surface area contributed by atoms with E-state index in [0.717, 1.165) is 17.0 Å². The van der Waals surface area contributed by atoms with Crippen molar-refractivity contribution in [3.05, 3.63) is 108 Å². The Kier molecular flexibility index (Phi) is 7.66. The van der Waals surface area contributed by atoms with Crippen molar-refractivity contribution in [3.63, 3.8) is 0 Å². The fourth-order valence-electron chi connectivity index (χ4n) is 4.69. The van der Waals surface area contributed by atoms with Crippen molar-refractivity contribution in [3.8, 4) is 0 Å². The highest BCUT2D eigenvalue weighted by Crippen LogP contribution is 2.31. The fourth-order valence-corrected chi connectivity index (χ4v) is 4.69. The molecule has 42 heavy (non-hydrogen) atoms. The Morgan fingerprint density at radius 1 is 0.929 bits per heavy atom. The SMILES string of the molecule is CC(C)N(C(=O)CN1C=CN(c2ccccc2)C(=O)C(=Cc2n[nH]c3ccccc23)C1=O)c1ccc(C(F)(F)F)cc1. The number of hydrogen-bond acceptors (Lipinski definition) is 4. The van der Waals surface area contributed by atoms with Gasteiger partial charge in [0.2, 0.25) is 5.91 Å². The van der Waals surface area contributed by atoms with E-state index in [1.165, 1.54) is 40.4 Å². The predicted octanol–water partition coefficient (Wildman–Crippen LogP) is 5.75. The van der Waals surface area contributed by atoms with Crippen LogP contribution in [-0.2, 0) is 20.6 Å². The van der Waals surface area contributed by atoms with Crippen LogP contribution in [0.3, 0.4) is 0 Å². The molecule has 0 saturated heterocycles. The van der Waals surface area contributed by atoms with Crippen molar-refractivity contribution in [2.75, 3.05) is 16.3 Å². The maximum Gasteiger partial charge on any atom is 0.416 e. The van der Waals surface area contributed by atoms with Crippen molar-refractivity contribution in [1.82, 2.24) is 15.1 Å². The topological polar surface area (TPSA) is 89.6 Å². The van der Waals surface area contributed by atoms with E-state index in [-0.39, 0.29) is 11.3 Å². The van der Waals surface area contributed by atoms with E-state index >= 15 is 0 Å².